The molecule has 19 heavy (non-hydrogen) atoms. The lowest BCUT2D eigenvalue weighted by molar-refractivity contribution is -0.134. The Morgan fingerprint density at radius 2 is 2.00 bits per heavy atom. The molecule has 1 saturated heterocycles. The fourth-order valence-corrected chi connectivity index (χ4v) is 2.00. The van der Waals surface area contributed by atoms with Crippen LogP contribution in [-0.4, -0.2) is 29.3 Å². The summed E-state index contributed by atoms with van der Waals surface area (Å²) in [4.78, 5) is 36.1. The lowest BCUT2D eigenvalue weighted by Crippen LogP contribution is -2.44. The summed E-state index contributed by atoms with van der Waals surface area (Å²) in [6.07, 6.45) is 0. The van der Waals surface area contributed by atoms with Crippen LogP contribution in [0.15, 0.2) is 30.3 Å². The minimum Gasteiger partial charge on any atom is -0.319 e. The molecule has 0 aliphatic carbocycles. The summed E-state index contributed by atoms with van der Waals surface area (Å²) in [5.74, 6) is 3.86. The van der Waals surface area contributed by atoms with E-state index in [9.17, 15) is 14.4 Å². The molecule has 0 radical (unpaired) electrons. The van der Waals surface area contributed by atoms with Crippen LogP contribution in [0.25, 0.3) is 0 Å². The maximum Gasteiger partial charge on any atom is 0.325 e. The predicted octanol–water partition coefficient (Wildman–Crippen LogP) is -0.556. The number of benzene rings is 1. The van der Waals surface area contributed by atoms with E-state index < -0.39 is 29.9 Å². The number of nitrogens with two attached hydrogens (primary N) is 1. The van der Waals surface area contributed by atoms with Gasteiger partial charge in [-0.05, 0) is 12.5 Å². The van der Waals surface area contributed by atoms with E-state index in [1.54, 1.807) is 31.2 Å². The standard InChI is InChI=1S/C12H14N4O3/c1-12(8-5-3-2-4-6-8)10(18)16(11(19)14-12)7-9(17)15-13/h2-6H,7,13H2,1H3,(H,14,19)(H,15,17). The topological polar surface area (TPSA) is 105 Å². The minimum atomic E-state index is -1.16. The summed E-state index contributed by atoms with van der Waals surface area (Å²) in [7, 11) is 0. The van der Waals surface area contributed by atoms with Crippen molar-refractivity contribution in [1.82, 2.24) is 15.6 Å². The van der Waals surface area contributed by atoms with E-state index in [0.717, 1.165) is 4.90 Å². The number of nitrogens with zero attached hydrogens (tertiary/aromatic N) is 1. The SMILES string of the molecule is CC1(c2ccccc2)NC(=O)N(CC(=O)NN)C1=O. The third kappa shape index (κ3) is 2.15. The molecule has 0 bridgehead atoms. The Balaban J connectivity index is 2.29. The largest absolute Gasteiger partial charge is 0.325 e. The Kier molecular flexibility index (Phi) is 3.22. The lowest BCUT2D eigenvalue weighted by atomic mass is 9.92. The molecule has 4 amide bonds. The zero-order chi connectivity index (χ0) is 14.0. The van der Waals surface area contributed by atoms with Crippen LogP contribution in [0.4, 0.5) is 4.79 Å². The van der Waals surface area contributed by atoms with Crippen LogP contribution in [0, 0.1) is 0 Å². The van der Waals surface area contributed by atoms with Crippen LogP contribution in [-0.2, 0) is 15.1 Å². The van der Waals surface area contributed by atoms with Gasteiger partial charge < -0.3 is 5.32 Å². The third-order valence-corrected chi connectivity index (χ3v) is 3.09. The molecule has 4 N–H and O–H groups in total. The van der Waals surface area contributed by atoms with Crippen molar-refractivity contribution in [2.75, 3.05) is 6.54 Å². The van der Waals surface area contributed by atoms with Gasteiger partial charge in [-0.15, -0.1) is 0 Å². The maximum atomic E-state index is 12.3. The second-order valence-corrected chi connectivity index (χ2v) is 4.38. The number of rotatable bonds is 3. The predicted molar refractivity (Wildman–Crippen MR) is 66.4 cm³/mol. The van der Waals surface area contributed by atoms with Crippen LogP contribution in [0.3, 0.4) is 0 Å². The van der Waals surface area contributed by atoms with Gasteiger partial charge in [-0.1, -0.05) is 30.3 Å². The van der Waals surface area contributed by atoms with E-state index in [4.69, 9.17) is 5.84 Å². The van der Waals surface area contributed by atoms with Crippen molar-refractivity contribution >= 4 is 17.8 Å². The Morgan fingerprint density at radius 3 is 2.58 bits per heavy atom. The average molecular weight is 262 g/mol. The van der Waals surface area contributed by atoms with Gasteiger partial charge in [-0.2, -0.15) is 0 Å². The van der Waals surface area contributed by atoms with Gasteiger partial charge >= 0.3 is 6.03 Å². The second-order valence-electron chi connectivity index (χ2n) is 4.38. The van der Waals surface area contributed by atoms with Crippen molar-refractivity contribution in [3.8, 4) is 0 Å². The molecule has 7 heteroatoms. The van der Waals surface area contributed by atoms with E-state index in [1.165, 1.54) is 0 Å². The summed E-state index contributed by atoms with van der Waals surface area (Å²) < 4.78 is 0. The van der Waals surface area contributed by atoms with Crippen molar-refractivity contribution in [3.05, 3.63) is 35.9 Å². The highest BCUT2D eigenvalue weighted by molar-refractivity contribution is 6.09. The molecule has 1 heterocycles. The van der Waals surface area contributed by atoms with Crippen LogP contribution < -0.4 is 16.6 Å². The molecule has 100 valence electrons. The molecule has 1 aliphatic heterocycles. The lowest BCUT2D eigenvalue weighted by Gasteiger charge is -2.21. The van der Waals surface area contributed by atoms with Crippen molar-refractivity contribution in [3.63, 3.8) is 0 Å². The van der Waals surface area contributed by atoms with Crippen molar-refractivity contribution in [1.29, 1.82) is 0 Å². The number of imide groups is 1. The molecule has 0 aromatic heterocycles. The molecule has 2 rings (SSSR count). The van der Waals surface area contributed by atoms with Gasteiger partial charge in [-0.3, -0.25) is 19.9 Å². The molecule has 0 spiro atoms. The van der Waals surface area contributed by atoms with E-state index >= 15 is 0 Å². The summed E-state index contributed by atoms with van der Waals surface area (Å²) in [5.41, 5.74) is 1.38. The first-order valence-electron chi connectivity index (χ1n) is 5.68. The minimum absolute atomic E-state index is 0.399. The summed E-state index contributed by atoms with van der Waals surface area (Å²) >= 11 is 0. The highest BCUT2D eigenvalue weighted by Crippen LogP contribution is 2.28. The molecule has 1 aromatic carbocycles. The van der Waals surface area contributed by atoms with Crippen molar-refractivity contribution < 1.29 is 14.4 Å². The zero-order valence-electron chi connectivity index (χ0n) is 10.3. The number of amides is 4. The normalized spacial score (nSPS) is 22.3. The molecular weight excluding hydrogens is 248 g/mol. The van der Waals surface area contributed by atoms with E-state index in [0.29, 0.717) is 5.56 Å². The van der Waals surface area contributed by atoms with Crippen molar-refractivity contribution in [2.24, 2.45) is 5.84 Å². The van der Waals surface area contributed by atoms with Gasteiger partial charge in [0.1, 0.15) is 12.1 Å². The first kappa shape index (κ1) is 13.0. The number of urea groups is 1. The Labute approximate surface area is 109 Å². The Bertz CT molecular complexity index is 531. The second kappa shape index (κ2) is 4.69. The fourth-order valence-electron chi connectivity index (χ4n) is 2.00. The third-order valence-electron chi connectivity index (χ3n) is 3.09. The first-order valence-corrected chi connectivity index (χ1v) is 5.68. The van der Waals surface area contributed by atoms with Crippen LogP contribution in [0.1, 0.15) is 12.5 Å². The van der Waals surface area contributed by atoms with Gasteiger partial charge in [-0.25, -0.2) is 10.6 Å². The summed E-state index contributed by atoms with van der Waals surface area (Å²) in [6.45, 7) is 1.20. The number of carbonyl (C=O) groups is 3. The van der Waals surface area contributed by atoms with E-state index in [1.807, 2.05) is 11.5 Å². The summed E-state index contributed by atoms with van der Waals surface area (Å²) in [5, 5.41) is 2.59. The molecular formula is C12H14N4O3. The monoisotopic (exact) mass is 262 g/mol. The van der Waals surface area contributed by atoms with E-state index in [2.05, 4.69) is 5.32 Å². The van der Waals surface area contributed by atoms with Gasteiger partial charge in [0, 0.05) is 0 Å². The maximum absolute atomic E-state index is 12.3. The Hall–Kier alpha value is -2.41. The van der Waals surface area contributed by atoms with Crippen LogP contribution >= 0.6 is 0 Å². The van der Waals surface area contributed by atoms with Gasteiger partial charge in [0.05, 0.1) is 0 Å². The van der Waals surface area contributed by atoms with Crippen LogP contribution in [0.2, 0.25) is 0 Å². The van der Waals surface area contributed by atoms with Crippen LogP contribution in [0.5, 0.6) is 0 Å². The number of hydrogen-bond donors (Lipinski definition) is 3. The zero-order valence-corrected chi connectivity index (χ0v) is 10.3. The highest BCUT2D eigenvalue weighted by Gasteiger charge is 2.49. The molecule has 1 aromatic rings. The molecule has 7 nitrogen and oxygen atoms in total. The first-order chi connectivity index (χ1) is 8.99. The number of nitrogens with one attached hydrogen (secondary N) is 2. The van der Waals surface area contributed by atoms with Crippen molar-refractivity contribution in [2.45, 2.75) is 12.5 Å². The van der Waals surface area contributed by atoms with Gasteiger partial charge in [0.15, 0.2) is 0 Å². The quantitative estimate of drug-likeness (QED) is 0.294. The number of hydrazine groups is 1. The molecule has 0 saturated carbocycles. The number of carbonyl (C=O) groups excluding carboxylic acids is 3. The molecule has 1 atom stereocenters. The average Bonchev–Trinajstić information content (AvgIpc) is 2.64. The molecule has 1 fully saturated rings. The number of hydrogen-bond acceptors (Lipinski definition) is 4. The Morgan fingerprint density at radius 1 is 1.37 bits per heavy atom. The molecule has 1 unspecified atom stereocenters. The van der Waals surface area contributed by atoms with Gasteiger partial charge in [0.2, 0.25) is 0 Å². The molecule has 1 aliphatic rings. The summed E-state index contributed by atoms with van der Waals surface area (Å²) in [6, 6.07) is 8.23. The fraction of sp³-hybridized carbons (Fsp3) is 0.250. The van der Waals surface area contributed by atoms with Gasteiger partial charge in [0.25, 0.3) is 11.8 Å². The smallest absolute Gasteiger partial charge is 0.319 e. The highest BCUT2D eigenvalue weighted by atomic mass is 16.2. The van der Waals surface area contributed by atoms with E-state index in [-0.39, 0.29) is 0 Å².